The second-order valence-electron chi connectivity index (χ2n) is 5.98. The van der Waals surface area contributed by atoms with E-state index in [4.69, 9.17) is 9.83 Å². The molecule has 0 aliphatic carbocycles. The molecule has 0 atom stereocenters. The molecule has 4 rings (SSSR count). The van der Waals surface area contributed by atoms with Crippen molar-refractivity contribution < 1.29 is 4.42 Å². The van der Waals surface area contributed by atoms with Crippen LogP contribution in [0.15, 0.2) is 83.4 Å². The highest BCUT2D eigenvalue weighted by Gasteiger charge is 2.08. The van der Waals surface area contributed by atoms with Gasteiger partial charge in [-0.2, -0.15) is 0 Å². The van der Waals surface area contributed by atoms with Crippen LogP contribution in [0.25, 0.3) is 33.1 Å². The Kier molecular flexibility index (Phi) is 3.82. The van der Waals surface area contributed by atoms with E-state index < -0.39 is 0 Å². The number of nitrogens with zero attached hydrogens (tertiary/aromatic N) is 1. The van der Waals surface area contributed by atoms with Gasteiger partial charge in [0.25, 0.3) is 0 Å². The fraction of sp³-hybridized carbons (Fsp3) is 0.0455. The Morgan fingerprint density at radius 2 is 1.56 bits per heavy atom. The van der Waals surface area contributed by atoms with Crippen molar-refractivity contribution >= 4 is 33.8 Å². The number of anilines is 1. The van der Waals surface area contributed by atoms with Crippen LogP contribution in [0.4, 0.5) is 5.69 Å². The van der Waals surface area contributed by atoms with E-state index in [0.717, 1.165) is 38.8 Å². The summed E-state index contributed by atoms with van der Waals surface area (Å²) in [7, 11) is 1.97. The predicted octanol–water partition coefficient (Wildman–Crippen LogP) is 5.85. The molecule has 3 nitrogen and oxygen atoms in total. The van der Waals surface area contributed by atoms with Crippen LogP contribution < -0.4 is 4.90 Å². The maximum atomic E-state index is 7.06. The molecule has 0 bridgehead atoms. The highest BCUT2D eigenvalue weighted by molar-refractivity contribution is 6.05. The second kappa shape index (κ2) is 6.29. The molecule has 122 valence electrons. The van der Waals surface area contributed by atoms with E-state index in [1.54, 1.807) is 6.08 Å². The van der Waals surface area contributed by atoms with Crippen molar-refractivity contribution in [1.29, 1.82) is 5.41 Å². The monoisotopic (exact) mass is 326 g/mol. The third kappa shape index (κ3) is 2.81. The van der Waals surface area contributed by atoms with Gasteiger partial charge in [0, 0.05) is 35.9 Å². The van der Waals surface area contributed by atoms with Gasteiger partial charge < -0.3 is 14.7 Å². The Labute approximate surface area is 146 Å². The van der Waals surface area contributed by atoms with Gasteiger partial charge >= 0.3 is 0 Å². The van der Waals surface area contributed by atoms with Crippen LogP contribution in [-0.2, 0) is 0 Å². The Bertz CT molecular complexity index is 1070. The van der Waals surface area contributed by atoms with E-state index in [-0.39, 0.29) is 0 Å². The van der Waals surface area contributed by atoms with Gasteiger partial charge in [0.15, 0.2) is 0 Å². The van der Waals surface area contributed by atoms with Crippen molar-refractivity contribution in [3.63, 3.8) is 0 Å². The summed E-state index contributed by atoms with van der Waals surface area (Å²) in [6, 6.07) is 22.8. The molecule has 1 N–H and O–H groups in total. The van der Waals surface area contributed by atoms with Gasteiger partial charge in [-0.1, -0.05) is 36.4 Å². The van der Waals surface area contributed by atoms with Crippen molar-refractivity contribution in [2.24, 2.45) is 0 Å². The minimum atomic E-state index is 0.911. The SMILES string of the molecule is CN(/C=C\C=N)c1ccc(-c2ccc3c(c2)oc2ccccc23)cc1. The largest absolute Gasteiger partial charge is 0.456 e. The van der Waals surface area contributed by atoms with Gasteiger partial charge in [-0.25, -0.2) is 0 Å². The number of fused-ring (bicyclic) bond motifs is 3. The molecule has 0 radical (unpaired) electrons. The Morgan fingerprint density at radius 3 is 2.36 bits per heavy atom. The van der Waals surface area contributed by atoms with Gasteiger partial charge in [0.05, 0.1) is 0 Å². The maximum Gasteiger partial charge on any atom is 0.136 e. The first-order valence-electron chi connectivity index (χ1n) is 8.18. The molecule has 0 fully saturated rings. The summed E-state index contributed by atoms with van der Waals surface area (Å²) in [6.07, 6.45) is 4.83. The molecule has 0 aliphatic rings. The van der Waals surface area contributed by atoms with E-state index in [0.29, 0.717) is 0 Å². The molecule has 0 amide bonds. The standard InChI is InChI=1S/C22H18N2O/c1-24(14-4-13-23)18-10-7-16(8-11-18)17-9-12-20-19-5-2-3-6-21(19)25-22(20)15-17/h2-15,23H,1H3/b14-4-,23-13?. The summed E-state index contributed by atoms with van der Waals surface area (Å²) in [5.41, 5.74) is 5.19. The number of furan rings is 1. The minimum absolute atomic E-state index is 0.911. The third-order valence-electron chi connectivity index (χ3n) is 4.39. The molecule has 25 heavy (non-hydrogen) atoms. The maximum absolute atomic E-state index is 7.06. The van der Waals surface area contributed by atoms with Crippen LogP contribution in [0.5, 0.6) is 0 Å². The first kappa shape index (κ1) is 15.2. The highest BCUT2D eigenvalue weighted by Crippen LogP contribution is 2.32. The predicted molar refractivity (Wildman–Crippen MR) is 105 cm³/mol. The average Bonchev–Trinajstić information content (AvgIpc) is 3.04. The Morgan fingerprint density at radius 1 is 0.840 bits per heavy atom. The van der Waals surface area contributed by atoms with Crippen molar-refractivity contribution in [1.82, 2.24) is 0 Å². The zero-order valence-corrected chi connectivity index (χ0v) is 13.9. The van der Waals surface area contributed by atoms with Crippen molar-refractivity contribution in [2.75, 3.05) is 11.9 Å². The molecular formula is C22H18N2O. The summed E-state index contributed by atoms with van der Waals surface area (Å²) in [5, 5.41) is 9.36. The lowest BCUT2D eigenvalue weighted by Gasteiger charge is -2.14. The van der Waals surface area contributed by atoms with Crippen LogP contribution in [-0.4, -0.2) is 13.3 Å². The molecule has 0 saturated carbocycles. The first-order chi connectivity index (χ1) is 12.3. The average molecular weight is 326 g/mol. The Hall–Kier alpha value is -3.33. The fourth-order valence-electron chi connectivity index (χ4n) is 3.05. The summed E-state index contributed by atoms with van der Waals surface area (Å²) in [5.74, 6) is 0. The number of benzene rings is 3. The zero-order valence-electron chi connectivity index (χ0n) is 13.9. The molecular weight excluding hydrogens is 308 g/mol. The molecule has 1 heterocycles. The first-order valence-corrected chi connectivity index (χ1v) is 8.18. The lowest BCUT2D eigenvalue weighted by atomic mass is 10.0. The molecule has 1 aromatic heterocycles. The molecule has 0 aliphatic heterocycles. The summed E-state index contributed by atoms with van der Waals surface area (Å²) >= 11 is 0. The Balaban J connectivity index is 1.70. The van der Waals surface area contributed by atoms with Crippen LogP contribution in [0.1, 0.15) is 0 Å². The topological polar surface area (TPSA) is 40.2 Å². The molecule has 0 saturated heterocycles. The van der Waals surface area contributed by atoms with Crippen LogP contribution in [0.2, 0.25) is 0 Å². The number of nitrogens with one attached hydrogen (secondary N) is 1. The molecule has 4 aromatic rings. The summed E-state index contributed by atoms with van der Waals surface area (Å²) in [4.78, 5) is 1.98. The quantitative estimate of drug-likeness (QED) is 0.478. The van der Waals surface area contributed by atoms with Crippen molar-refractivity contribution in [3.05, 3.63) is 79.0 Å². The summed E-state index contributed by atoms with van der Waals surface area (Å²) < 4.78 is 5.98. The fourth-order valence-corrected chi connectivity index (χ4v) is 3.05. The number of rotatable bonds is 4. The van der Waals surface area contributed by atoms with Crippen LogP contribution >= 0.6 is 0 Å². The van der Waals surface area contributed by atoms with Gasteiger partial charge in [-0.05, 0) is 47.5 Å². The van der Waals surface area contributed by atoms with Crippen LogP contribution in [0, 0.1) is 5.41 Å². The van der Waals surface area contributed by atoms with E-state index in [9.17, 15) is 0 Å². The van der Waals surface area contributed by atoms with Gasteiger partial charge in [0.1, 0.15) is 11.2 Å². The summed E-state index contributed by atoms with van der Waals surface area (Å²) in [6.45, 7) is 0. The lowest BCUT2D eigenvalue weighted by Crippen LogP contribution is -2.07. The number of hydrogen-bond acceptors (Lipinski definition) is 3. The molecule has 3 heteroatoms. The van der Waals surface area contributed by atoms with Crippen molar-refractivity contribution in [2.45, 2.75) is 0 Å². The highest BCUT2D eigenvalue weighted by atomic mass is 16.3. The number of para-hydroxylation sites is 1. The molecule has 3 aromatic carbocycles. The minimum Gasteiger partial charge on any atom is -0.456 e. The van der Waals surface area contributed by atoms with Crippen molar-refractivity contribution in [3.8, 4) is 11.1 Å². The molecule has 0 spiro atoms. The molecule has 0 unspecified atom stereocenters. The van der Waals surface area contributed by atoms with Crippen LogP contribution in [0.3, 0.4) is 0 Å². The smallest absolute Gasteiger partial charge is 0.136 e. The van der Waals surface area contributed by atoms with E-state index >= 15 is 0 Å². The normalized spacial score (nSPS) is 11.4. The second-order valence-corrected chi connectivity index (χ2v) is 5.98. The van der Waals surface area contributed by atoms with Gasteiger partial charge in [0.2, 0.25) is 0 Å². The van der Waals surface area contributed by atoms with E-state index in [1.807, 2.05) is 36.3 Å². The van der Waals surface area contributed by atoms with E-state index in [1.165, 1.54) is 6.21 Å². The third-order valence-corrected chi connectivity index (χ3v) is 4.39. The number of allylic oxidation sites excluding steroid dienone is 1. The van der Waals surface area contributed by atoms with E-state index in [2.05, 4.69) is 48.5 Å². The number of hydrogen-bond donors (Lipinski definition) is 1. The lowest BCUT2D eigenvalue weighted by molar-refractivity contribution is 0.669. The van der Waals surface area contributed by atoms with Gasteiger partial charge in [-0.3, -0.25) is 0 Å². The van der Waals surface area contributed by atoms with Gasteiger partial charge in [-0.15, -0.1) is 0 Å². The zero-order chi connectivity index (χ0) is 17.2.